The fourth-order valence-corrected chi connectivity index (χ4v) is 3.33. The Hall–Kier alpha value is -2.16. The molecule has 2 heterocycles. The fraction of sp³-hybridized carbons (Fsp3) is 0.400. The Morgan fingerprint density at radius 1 is 1.11 bits per heavy atom. The zero-order valence-electron chi connectivity index (χ0n) is 15.7. The first-order valence-corrected chi connectivity index (χ1v) is 10.0. The highest BCUT2D eigenvalue weighted by atomic mass is 79.9. The molecule has 1 saturated heterocycles. The van der Waals surface area contributed by atoms with Gasteiger partial charge in [-0.2, -0.15) is 0 Å². The molecule has 150 valence electrons. The summed E-state index contributed by atoms with van der Waals surface area (Å²) in [7, 11) is 0. The van der Waals surface area contributed by atoms with Gasteiger partial charge in [0.25, 0.3) is 5.91 Å². The summed E-state index contributed by atoms with van der Waals surface area (Å²) in [4.78, 5) is 26.6. The van der Waals surface area contributed by atoms with Crippen LogP contribution in [-0.4, -0.2) is 56.1 Å². The minimum absolute atomic E-state index is 0.0660. The number of hydrogen-bond donors (Lipinski definition) is 2. The van der Waals surface area contributed by atoms with Gasteiger partial charge in [0.15, 0.2) is 0 Å². The van der Waals surface area contributed by atoms with Crippen molar-refractivity contribution >= 4 is 27.7 Å². The molecule has 28 heavy (non-hydrogen) atoms. The number of rotatable bonds is 7. The largest absolute Gasteiger partial charge is 0.465 e. The van der Waals surface area contributed by atoms with Crippen LogP contribution in [0.4, 0.5) is 0 Å². The van der Waals surface area contributed by atoms with Crippen LogP contribution in [0.5, 0.6) is 0 Å². The van der Waals surface area contributed by atoms with Crippen LogP contribution in [0.2, 0.25) is 0 Å². The third kappa shape index (κ3) is 5.67. The second-order valence-electron chi connectivity index (χ2n) is 6.61. The van der Waals surface area contributed by atoms with Gasteiger partial charge in [-0.25, -0.2) is 0 Å². The van der Waals surface area contributed by atoms with Gasteiger partial charge in [-0.1, -0.05) is 15.9 Å². The molecule has 0 radical (unpaired) electrons. The summed E-state index contributed by atoms with van der Waals surface area (Å²) in [5, 5.41) is 5.54. The summed E-state index contributed by atoms with van der Waals surface area (Å²) in [6.07, 6.45) is 0. The minimum Gasteiger partial charge on any atom is -0.465 e. The molecule has 2 aromatic rings. The van der Waals surface area contributed by atoms with Crippen molar-refractivity contribution in [3.8, 4) is 0 Å². The molecule has 1 atom stereocenters. The zero-order chi connectivity index (χ0) is 19.9. The normalized spacial score (nSPS) is 15.8. The first-order chi connectivity index (χ1) is 13.5. The van der Waals surface area contributed by atoms with Crippen molar-refractivity contribution in [1.29, 1.82) is 0 Å². The number of furan rings is 1. The van der Waals surface area contributed by atoms with E-state index in [0.717, 1.165) is 29.1 Å². The average Bonchev–Trinajstić information content (AvgIpc) is 3.13. The number of nitrogens with zero attached hydrogens (tertiary/aromatic N) is 1. The Labute approximate surface area is 172 Å². The van der Waals surface area contributed by atoms with Gasteiger partial charge >= 0.3 is 0 Å². The number of halogens is 1. The topological polar surface area (TPSA) is 83.8 Å². The van der Waals surface area contributed by atoms with Crippen molar-refractivity contribution in [2.24, 2.45) is 0 Å². The number of carbonyl (C=O) groups excluding carboxylic acids is 2. The molecule has 1 aliphatic heterocycles. The molecular formula is C20H24BrN3O4. The summed E-state index contributed by atoms with van der Waals surface area (Å²) in [5.41, 5.74) is 0.508. The summed E-state index contributed by atoms with van der Waals surface area (Å²) in [5.74, 6) is 1.13. The van der Waals surface area contributed by atoms with E-state index in [1.165, 1.54) is 0 Å². The molecule has 1 fully saturated rings. The maximum absolute atomic E-state index is 12.2. The Balaban J connectivity index is 1.52. The molecule has 1 aliphatic rings. The van der Waals surface area contributed by atoms with E-state index in [0.29, 0.717) is 25.3 Å². The maximum Gasteiger partial charge on any atom is 0.251 e. The SMILES string of the molecule is Cc1ccc(C(CNC(=O)CNC(=O)c2ccc(Br)cc2)N2CCOCC2)o1. The fourth-order valence-electron chi connectivity index (χ4n) is 3.07. The average molecular weight is 450 g/mol. The number of hydrogen-bond acceptors (Lipinski definition) is 5. The molecule has 0 saturated carbocycles. The van der Waals surface area contributed by atoms with Crippen LogP contribution in [0.1, 0.15) is 27.9 Å². The molecule has 1 aromatic carbocycles. The van der Waals surface area contributed by atoms with Crippen LogP contribution in [-0.2, 0) is 9.53 Å². The molecular weight excluding hydrogens is 426 g/mol. The van der Waals surface area contributed by atoms with Gasteiger partial charge in [0.1, 0.15) is 11.5 Å². The lowest BCUT2D eigenvalue weighted by Gasteiger charge is -2.33. The number of ether oxygens (including phenoxy) is 1. The number of morpholine rings is 1. The van der Waals surface area contributed by atoms with E-state index < -0.39 is 0 Å². The van der Waals surface area contributed by atoms with E-state index in [2.05, 4.69) is 31.5 Å². The summed E-state index contributed by atoms with van der Waals surface area (Å²) >= 11 is 3.33. The summed E-state index contributed by atoms with van der Waals surface area (Å²) in [6, 6.07) is 10.8. The molecule has 0 spiro atoms. The van der Waals surface area contributed by atoms with Gasteiger partial charge in [0.2, 0.25) is 5.91 Å². The number of nitrogens with one attached hydrogen (secondary N) is 2. The van der Waals surface area contributed by atoms with E-state index in [1.807, 2.05) is 19.1 Å². The van der Waals surface area contributed by atoms with Gasteiger partial charge in [-0.15, -0.1) is 0 Å². The summed E-state index contributed by atoms with van der Waals surface area (Å²) < 4.78 is 12.1. The van der Waals surface area contributed by atoms with Crippen LogP contribution >= 0.6 is 15.9 Å². The van der Waals surface area contributed by atoms with E-state index >= 15 is 0 Å². The van der Waals surface area contributed by atoms with Crippen LogP contribution < -0.4 is 10.6 Å². The molecule has 3 rings (SSSR count). The van der Waals surface area contributed by atoms with Crippen LogP contribution in [0, 0.1) is 6.92 Å². The smallest absolute Gasteiger partial charge is 0.251 e. The highest BCUT2D eigenvalue weighted by Crippen LogP contribution is 2.23. The lowest BCUT2D eigenvalue weighted by molar-refractivity contribution is -0.120. The highest BCUT2D eigenvalue weighted by Gasteiger charge is 2.25. The van der Waals surface area contributed by atoms with E-state index in [1.54, 1.807) is 24.3 Å². The lowest BCUT2D eigenvalue weighted by Crippen LogP contribution is -2.45. The van der Waals surface area contributed by atoms with Crippen molar-refractivity contribution in [2.45, 2.75) is 13.0 Å². The molecule has 0 bridgehead atoms. The lowest BCUT2D eigenvalue weighted by atomic mass is 10.1. The van der Waals surface area contributed by atoms with Crippen LogP contribution in [0.15, 0.2) is 45.3 Å². The van der Waals surface area contributed by atoms with Gasteiger partial charge in [-0.3, -0.25) is 14.5 Å². The second kappa shape index (κ2) is 9.86. The molecule has 1 unspecified atom stereocenters. The maximum atomic E-state index is 12.2. The number of aryl methyl sites for hydroxylation is 1. The van der Waals surface area contributed by atoms with E-state index in [9.17, 15) is 9.59 Å². The molecule has 8 heteroatoms. The predicted molar refractivity (Wildman–Crippen MR) is 108 cm³/mol. The van der Waals surface area contributed by atoms with Crippen molar-refractivity contribution in [1.82, 2.24) is 15.5 Å². The zero-order valence-corrected chi connectivity index (χ0v) is 17.3. The molecule has 2 amide bonds. The second-order valence-corrected chi connectivity index (χ2v) is 7.52. The van der Waals surface area contributed by atoms with Gasteiger partial charge in [0.05, 0.1) is 25.8 Å². The van der Waals surface area contributed by atoms with E-state index in [-0.39, 0.29) is 24.4 Å². The number of carbonyl (C=O) groups is 2. The quantitative estimate of drug-likeness (QED) is 0.677. The first-order valence-electron chi connectivity index (χ1n) is 9.21. The van der Waals surface area contributed by atoms with E-state index in [4.69, 9.17) is 9.15 Å². The Morgan fingerprint density at radius 3 is 2.46 bits per heavy atom. The third-order valence-electron chi connectivity index (χ3n) is 4.58. The highest BCUT2D eigenvalue weighted by molar-refractivity contribution is 9.10. The standard InChI is InChI=1S/C20H24BrN3O4/c1-14-2-7-18(28-14)17(24-8-10-27-11-9-24)12-22-19(25)13-23-20(26)15-3-5-16(21)6-4-15/h2-7,17H,8-13H2,1H3,(H,22,25)(H,23,26). The number of amides is 2. The van der Waals surface area contributed by atoms with Gasteiger partial charge < -0.3 is 19.8 Å². The summed E-state index contributed by atoms with van der Waals surface area (Å²) in [6.45, 7) is 5.10. The first kappa shape index (κ1) is 20.6. The Bertz CT molecular complexity index is 800. The number of benzene rings is 1. The predicted octanol–water partition coefficient (Wildman–Crippen LogP) is 2.27. The van der Waals surface area contributed by atoms with Crippen molar-refractivity contribution < 1.29 is 18.7 Å². The van der Waals surface area contributed by atoms with Crippen molar-refractivity contribution in [3.05, 3.63) is 58.0 Å². The Morgan fingerprint density at radius 2 is 1.82 bits per heavy atom. The van der Waals surface area contributed by atoms with Crippen LogP contribution in [0.3, 0.4) is 0 Å². The van der Waals surface area contributed by atoms with Crippen molar-refractivity contribution in [3.63, 3.8) is 0 Å². The van der Waals surface area contributed by atoms with Crippen molar-refractivity contribution in [2.75, 3.05) is 39.4 Å². The third-order valence-corrected chi connectivity index (χ3v) is 5.11. The monoisotopic (exact) mass is 449 g/mol. The van der Waals surface area contributed by atoms with Gasteiger partial charge in [-0.05, 0) is 43.3 Å². The molecule has 2 N–H and O–H groups in total. The minimum atomic E-state index is -0.283. The van der Waals surface area contributed by atoms with Crippen LogP contribution in [0.25, 0.3) is 0 Å². The molecule has 0 aliphatic carbocycles. The molecule has 1 aromatic heterocycles. The molecule has 7 nitrogen and oxygen atoms in total. The Kier molecular flexibility index (Phi) is 7.24. The van der Waals surface area contributed by atoms with Gasteiger partial charge in [0, 0.05) is 29.7 Å².